The van der Waals surface area contributed by atoms with Gasteiger partial charge in [0.1, 0.15) is 16.5 Å². The molecule has 0 spiro atoms. The molecule has 2 rings (SSSR count). The first-order valence-electron chi connectivity index (χ1n) is 6.14. The average molecular weight is 343 g/mol. The second-order valence-electron chi connectivity index (χ2n) is 4.36. The summed E-state index contributed by atoms with van der Waals surface area (Å²) in [5, 5.41) is 0. The Bertz CT molecular complexity index is 821. The fraction of sp³-hybridized carbons (Fsp3) is 0.143. The lowest BCUT2D eigenvalue weighted by Crippen LogP contribution is -2.14. The molecule has 1 atom stereocenters. The molecular formula is C14H14FNO4S2. The maximum atomic E-state index is 13.8. The van der Waals surface area contributed by atoms with E-state index < -0.39 is 26.6 Å². The Balaban J connectivity index is 2.37. The minimum Gasteiger partial charge on any atom is -0.495 e. The Morgan fingerprint density at radius 2 is 1.86 bits per heavy atom. The highest BCUT2D eigenvalue weighted by Crippen LogP contribution is 2.26. The topological polar surface area (TPSA) is 72.5 Å². The van der Waals surface area contributed by atoms with Crippen LogP contribution in [0.15, 0.2) is 52.3 Å². The van der Waals surface area contributed by atoms with Crippen LogP contribution in [0.5, 0.6) is 5.75 Å². The molecular weight excluding hydrogens is 329 g/mol. The molecule has 0 saturated heterocycles. The molecule has 22 heavy (non-hydrogen) atoms. The number of benzene rings is 2. The van der Waals surface area contributed by atoms with Crippen LogP contribution >= 0.6 is 0 Å². The molecule has 0 amide bonds. The van der Waals surface area contributed by atoms with Crippen LogP contribution in [-0.2, 0) is 20.8 Å². The summed E-state index contributed by atoms with van der Waals surface area (Å²) in [6.07, 6.45) is 1.34. The number of hydrogen-bond donors (Lipinski definition) is 1. The third-order valence-corrected chi connectivity index (χ3v) is 5.22. The standard InChI is InChI=1S/C14H14FNO4S2/c1-20-12-5-3-4-6-14(12)22(18,19)16-10-7-8-13(21(2)17)11(15)9-10/h3-9,16H,1-2H3. The number of ether oxygens (including phenoxy) is 1. The highest BCUT2D eigenvalue weighted by atomic mass is 32.2. The average Bonchev–Trinajstić information content (AvgIpc) is 2.46. The Hall–Kier alpha value is -1.93. The summed E-state index contributed by atoms with van der Waals surface area (Å²) >= 11 is 0. The first-order valence-corrected chi connectivity index (χ1v) is 9.18. The van der Waals surface area contributed by atoms with E-state index in [2.05, 4.69) is 4.72 Å². The molecule has 118 valence electrons. The first kappa shape index (κ1) is 16.4. The van der Waals surface area contributed by atoms with Gasteiger partial charge in [0.15, 0.2) is 0 Å². The van der Waals surface area contributed by atoms with Gasteiger partial charge >= 0.3 is 0 Å². The van der Waals surface area contributed by atoms with Crippen molar-refractivity contribution in [2.45, 2.75) is 9.79 Å². The quantitative estimate of drug-likeness (QED) is 0.905. The van der Waals surface area contributed by atoms with Gasteiger partial charge in [-0.2, -0.15) is 0 Å². The molecule has 0 saturated carbocycles. The summed E-state index contributed by atoms with van der Waals surface area (Å²) in [6, 6.07) is 9.72. The third kappa shape index (κ3) is 3.45. The number of methoxy groups -OCH3 is 1. The van der Waals surface area contributed by atoms with E-state index in [0.717, 1.165) is 6.07 Å². The van der Waals surface area contributed by atoms with Crippen LogP contribution in [0.2, 0.25) is 0 Å². The lowest BCUT2D eigenvalue weighted by Gasteiger charge is -2.12. The van der Waals surface area contributed by atoms with E-state index in [1.54, 1.807) is 12.1 Å². The van der Waals surface area contributed by atoms with Gasteiger partial charge in [0.25, 0.3) is 10.0 Å². The van der Waals surface area contributed by atoms with E-state index in [-0.39, 0.29) is 21.2 Å². The highest BCUT2D eigenvalue weighted by molar-refractivity contribution is 7.92. The van der Waals surface area contributed by atoms with Crippen LogP contribution in [0.25, 0.3) is 0 Å². The van der Waals surface area contributed by atoms with Gasteiger partial charge in [0, 0.05) is 6.26 Å². The normalized spacial score (nSPS) is 12.7. The summed E-state index contributed by atoms with van der Waals surface area (Å²) in [5.41, 5.74) is 0.0395. The number of sulfonamides is 1. The van der Waals surface area contributed by atoms with Crippen molar-refractivity contribution in [1.29, 1.82) is 0 Å². The predicted octanol–water partition coefficient (Wildman–Crippen LogP) is 2.37. The van der Waals surface area contributed by atoms with Crippen molar-refractivity contribution in [1.82, 2.24) is 0 Å². The van der Waals surface area contributed by atoms with Crippen molar-refractivity contribution in [3.05, 3.63) is 48.3 Å². The van der Waals surface area contributed by atoms with E-state index in [0.29, 0.717) is 0 Å². The molecule has 8 heteroatoms. The van der Waals surface area contributed by atoms with E-state index in [4.69, 9.17) is 4.74 Å². The third-order valence-electron chi connectivity index (χ3n) is 2.85. The summed E-state index contributed by atoms with van der Waals surface area (Å²) < 4.78 is 57.0. The Morgan fingerprint density at radius 3 is 2.45 bits per heavy atom. The van der Waals surface area contributed by atoms with E-state index in [1.807, 2.05) is 0 Å². The van der Waals surface area contributed by atoms with Gasteiger partial charge in [-0.15, -0.1) is 0 Å². The fourth-order valence-electron chi connectivity index (χ4n) is 1.85. The summed E-state index contributed by atoms with van der Waals surface area (Å²) in [6.45, 7) is 0. The van der Waals surface area contributed by atoms with Gasteiger partial charge < -0.3 is 4.74 Å². The van der Waals surface area contributed by atoms with Gasteiger partial charge in [-0.3, -0.25) is 8.93 Å². The van der Waals surface area contributed by atoms with Gasteiger partial charge in [0.2, 0.25) is 0 Å². The predicted molar refractivity (Wildman–Crippen MR) is 82.5 cm³/mol. The number of hydrogen-bond acceptors (Lipinski definition) is 4. The Morgan fingerprint density at radius 1 is 1.18 bits per heavy atom. The molecule has 2 aromatic rings. The van der Waals surface area contributed by atoms with Crippen molar-refractivity contribution in [3.8, 4) is 5.75 Å². The van der Waals surface area contributed by atoms with Crippen LogP contribution in [0, 0.1) is 5.82 Å². The van der Waals surface area contributed by atoms with E-state index >= 15 is 0 Å². The lowest BCUT2D eigenvalue weighted by atomic mass is 10.3. The molecule has 0 bridgehead atoms. The van der Waals surface area contributed by atoms with Crippen LogP contribution in [0.3, 0.4) is 0 Å². The van der Waals surface area contributed by atoms with Gasteiger partial charge in [-0.25, -0.2) is 12.8 Å². The smallest absolute Gasteiger partial charge is 0.265 e. The van der Waals surface area contributed by atoms with Crippen LogP contribution < -0.4 is 9.46 Å². The Kier molecular flexibility index (Phi) is 4.82. The number of rotatable bonds is 5. The summed E-state index contributed by atoms with van der Waals surface area (Å²) in [7, 11) is -4.05. The van der Waals surface area contributed by atoms with Gasteiger partial charge in [-0.1, -0.05) is 12.1 Å². The molecule has 5 nitrogen and oxygen atoms in total. The zero-order valence-corrected chi connectivity index (χ0v) is 13.5. The van der Waals surface area contributed by atoms with Gasteiger partial charge in [-0.05, 0) is 30.3 Å². The molecule has 1 N–H and O–H groups in total. The summed E-state index contributed by atoms with van der Waals surface area (Å²) in [5.74, 6) is -0.553. The second kappa shape index (κ2) is 6.45. The Labute approximate surface area is 130 Å². The number of para-hydroxylation sites is 1. The molecule has 0 aliphatic heterocycles. The molecule has 2 aromatic carbocycles. The maximum Gasteiger partial charge on any atom is 0.265 e. The number of nitrogens with one attached hydrogen (secondary N) is 1. The van der Waals surface area contributed by atoms with Crippen molar-refractivity contribution in [2.24, 2.45) is 0 Å². The maximum absolute atomic E-state index is 13.8. The SMILES string of the molecule is COc1ccccc1S(=O)(=O)Nc1ccc(S(C)=O)c(F)c1. The molecule has 0 heterocycles. The van der Waals surface area contributed by atoms with Crippen molar-refractivity contribution < 1.29 is 21.8 Å². The highest BCUT2D eigenvalue weighted by Gasteiger charge is 2.19. The monoisotopic (exact) mass is 343 g/mol. The molecule has 0 radical (unpaired) electrons. The second-order valence-corrected chi connectivity index (χ2v) is 7.35. The molecule has 1 unspecified atom stereocenters. The fourth-order valence-corrected chi connectivity index (χ4v) is 3.66. The van der Waals surface area contributed by atoms with Gasteiger partial charge in [0.05, 0.1) is 28.5 Å². The number of anilines is 1. The molecule has 0 aliphatic carbocycles. The minimum atomic E-state index is -3.92. The molecule has 0 fully saturated rings. The van der Waals surface area contributed by atoms with Crippen molar-refractivity contribution in [3.63, 3.8) is 0 Å². The van der Waals surface area contributed by atoms with E-state index in [9.17, 15) is 17.0 Å². The van der Waals surface area contributed by atoms with Crippen LogP contribution in [0.1, 0.15) is 0 Å². The zero-order valence-electron chi connectivity index (χ0n) is 11.9. The first-order chi connectivity index (χ1) is 10.3. The molecule has 0 aliphatic rings. The zero-order chi connectivity index (χ0) is 16.3. The number of halogens is 1. The summed E-state index contributed by atoms with van der Waals surface area (Å²) in [4.78, 5) is -0.0405. The largest absolute Gasteiger partial charge is 0.495 e. The van der Waals surface area contributed by atoms with Crippen LogP contribution in [0.4, 0.5) is 10.1 Å². The minimum absolute atomic E-state index is 0.0141. The van der Waals surface area contributed by atoms with Crippen molar-refractivity contribution in [2.75, 3.05) is 18.1 Å². The molecule has 0 aromatic heterocycles. The van der Waals surface area contributed by atoms with Crippen molar-refractivity contribution >= 4 is 26.5 Å². The van der Waals surface area contributed by atoms with Crippen LogP contribution in [-0.4, -0.2) is 26.0 Å². The van der Waals surface area contributed by atoms with E-state index in [1.165, 1.54) is 37.6 Å². The lowest BCUT2D eigenvalue weighted by molar-refractivity contribution is 0.403.